The molecule has 0 radical (unpaired) electrons. The second-order valence-corrected chi connectivity index (χ2v) is 6.46. The smallest absolute Gasteiger partial charge is 0.304 e. The molecule has 0 saturated carbocycles. The maximum atomic E-state index is 10.7. The van der Waals surface area contributed by atoms with Gasteiger partial charge < -0.3 is 5.11 Å². The van der Waals surface area contributed by atoms with Crippen LogP contribution in [0.4, 0.5) is 0 Å². The van der Waals surface area contributed by atoms with Gasteiger partial charge in [-0.3, -0.25) is 9.69 Å². The second kappa shape index (κ2) is 8.25. The summed E-state index contributed by atoms with van der Waals surface area (Å²) in [4.78, 5) is 13.1. The number of carbonyl (C=O) groups is 1. The predicted molar refractivity (Wildman–Crippen MR) is 72.6 cm³/mol. The van der Waals surface area contributed by atoms with Crippen LogP contribution >= 0.6 is 23.5 Å². The molecule has 16 heavy (non-hydrogen) atoms. The zero-order valence-corrected chi connectivity index (χ0v) is 11.5. The molecule has 1 saturated heterocycles. The number of thioether (sulfide) groups is 2. The van der Waals surface area contributed by atoms with Gasteiger partial charge in [0.15, 0.2) is 0 Å². The monoisotopic (exact) mass is 263 g/mol. The molecule has 1 atom stereocenters. The number of hydrogen-bond donors (Lipinski definition) is 1. The first-order chi connectivity index (χ1) is 7.74. The van der Waals surface area contributed by atoms with Crippen molar-refractivity contribution in [2.75, 3.05) is 36.1 Å². The van der Waals surface area contributed by atoms with Gasteiger partial charge in [-0.1, -0.05) is 6.92 Å². The third kappa shape index (κ3) is 5.46. The Labute approximate surface area is 106 Å². The molecule has 94 valence electrons. The molecule has 3 nitrogen and oxygen atoms in total. The Hall–Kier alpha value is 0.130. The molecule has 0 aromatic carbocycles. The van der Waals surface area contributed by atoms with Crippen molar-refractivity contribution in [1.82, 2.24) is 4.90 Å². The van der Waals surface area contributed by atoms with Crippen LogP contribution < -0.4 is 0 Å². The molecule has 1 rings (SSSR count). The van der Waals surface area contributed by atoms with E-state index >= 15 is 0 Å². The Morgan fingerprint density at radius 2 is 2.44 bits per heavy atom. The normalized spacial score (nSPS) is 22.2. The largest absolute Gasteiger partial charge is 0.481 e. The van der Waals surface area contributed by atoms with Gasteiger partial charge in [-0.05, 0) is 24.5 Å². The first-order valence-corrected chi connectivity index (χ1v) is 8.16. The molecule has 1 fully saturated rings. The minimum Gasteiger partial charge on any atom is -0.481 e. The topological polar surface area (TPSA) is 40.5 Å². The average molecular weight is 263 g/mol. The highest BCUT2D eigenvalue weighted by molar-refractivity contribution is 7.99. The number of carboxylic acids is 1. The Morgan fingerprint density at radius 1 is 1.62 bits per heavy atom. The lowest BCUT2D eigenvalue weighted by molar-refractivity contribution is -0.138. The van der Waals surface area contributed by atoms with Crippen LogP contribution in [0.15, 0.2) is 0 Å². The fourth-order valence-corrected chi connectivity index (χ4v) is 3.64. The zero-order valence-electron chi connectivity index (χ0n) is 9.85. The van der Waals surface area contributed by atoms with Gasteiger partial charge >= 0.3 is 5.97 Å². The predicted octanol–water partition coefficient (Wildman–Crippen LogP) is 2.02. The minimum atomic E-state index is -0.666. The summed E-state index contributed by atoms with van der Waals surface area (Å²) < 4.78 is 0. The van der Waals surface area contributed by atoms with Crippen LogP contribution in [0, 0.1) is 0 Å². The Kier molecular flexibility index (Phi) is 7.32. The first-order valence-electron chi connectivity index (χ1n) is 5.85. The highest BCUT2D eigenvalue weighted by Gasteiger charge is 2.24. The fraction of sp³-hybridized carbons (Fsp3) is 0.909. The highest BCUT2D eigenvalue weighted by Crippen LogP contribution is 2.19. The van der Waals surface area contributed by atoms with Crippen molar-refractivity contribution in [2.24, 2.45) is 0 Å². The van der Waals surface area contributed by atoms with Crippen molar-refractivity contribution in [3.05, 3.63) is 0 Å². The summed E-state index contributed by atoms with van der Waals surface area (Å²) in [5.74, 6) is 3.83. The number of carboxylic acid groups (broad SMARTS) is 1. The lowest BCUT2D eigenvalue weighted by Gasteiger charge is -2.34. The third-order valence-corrected chi connectivity index (χ3v) is 4.78. The summed E-state index contributed by atoms with van der Waals surface area (Å²) in [6.07, 6.45) is 1.48. The average Bonchev–Trinajstić information content (AvgIpc) is 2.26. The maximum Gasteiger partial charge on any atom is 0.304 e. The Balaban J connectivity index is 2.26. The SMILES string of the molecule is CCSCCCN1CCSCC1CC(=O)O. The minimum absolute atomic E-state index is 0.253. The molecular formula is C11H21NO2S2. The highest BCUT2D eigenvalue weighted by atomic mass is 32.2. The van der Waals surface area contributed by atoms with E-state index in [1.54, 1.807) is 0 Å². The number of nitrogens with zero attached hydrogens (tertiary/aromatic N) is 1. The van der Waals surface area contributed by atoms with E-state index in [-0.39, 0.29) is 6.04 Å². The van der Waals surface area contributed by atoms with Gasteiger partial charge in [0, 0.05) is 24.1 Å². The van der Waals surface area contributed by atoms with E-state index < -0.39 is 5.97 Å². The molecule has 0 aliphatic carbocycles. The van der Waals surface area contributed by atoms with Crippen molar-refractivity contribution in [1.29, 1.82) is 0 Å². The molecule has 5 heteroatoms. The van der Waals surface area contributed by atoms with Gasteiger partial charge in [0.05, 0.1) is 6.42 Å². The van der Waals surface area contributed by atoms with Crippen LogP contribution in [-0.2, 0) is 4.79 Å². The Morgan fingerprint density at radius 3 is 3.12 bits per heavy atom. The summed E-state index contributed by atoms with van der Waals surface area (Å²) >= 11 is 3.85. The zero-order chi connectivity index (χ0) is 11.8. The molecule has 0 aromatic heterocycles. The van der Waals surface area contributed by atoms with E-state index in [9.17, 15) is 4.79 Å². The summed E-state index contributed by atoms with van der Waals surface area (Å²) in [7, 11) is 0. The number of rotatable bonds is 7. The quantitative estimate of drug-likeness (QED) is 0.712. The standard InChI is InChI=1S/C11H21NO2S2/c1-2-15-6-3-4-12-5-7-16-9-10(12)8-11(13)14/h10H,2-9H2,1H3,(H,13,14). The third-order valence-electron chi connectivity index (χ3n) is 2.70. The van der Waals surface area contributed by atoms with Crippen molar-refractivity contribution >= 4 is 29.5 Å². The Bertz CT molecular complexity index is 214. The van der Waals surface area contributed by atoms with E-state index in [4.69, 9.17) is 5.11 Å². The number of hydrogen-bond acceptors (Lipinski definition) is 4. The molecule has 1 N–H and O–H groups in total. The summed E-state index contributed by atoms with van der Waals surface area (Å²) in [5, 5.41) is 8.85. The van der Waals surface area contributed by atoms with Crippen LogP contribution in [0.1, 0.15) is 19.8 Å². The molecule has 0 bridgehead atoms. The van der Waals surface area contributed by atoms with Crippen molar-refractivity contribution in [3.63, 3.8) is 0 Å². The van der Waals surface area contributed by atoms with Gasteiger partial charge in [-0.25, -0.2) is 0 Å². The van der Waals surface area contributed by atoms with E-state index in [1.807, 2.05) is 23.5 Å². The number of aliphatic carboxylic acids is 1. The molecular weight excluding hydrogens is 242 g/mol. The molecule has 1 heterocycles. The van der Waals surface area contributed by atoms with Gasteiger partial charge in [0.25, 0.3) is 0 Å². The second-order valence-electron chi connectivity index (χ2n) is 3.91. The van der Waals surface area contributed by atoms with Gasteiger partial charge in [-0.2, -0.15) is 23.5 Å². The van der Waals surface area contributed by atoms with E-state index in [1.165, 1.54) is 17.9 Å². The van der Waals surface area contributed by atoms with Crippen LogP contribution in [-0.4, -0.2) is 58.1 Å². The molecule has 0 spiro atoms. The van der Waals surface area contributed by atoms with E-state index in [0.717, 1.165) is 24.6 Å². The first kappa shape index (κ1) is 14.2. The van der Waals surface area contributed by atoms with Gasteiger partial charge in [0.1, 0.15) is 0 Å². The molecule has 0 amide bonds. The van der Waals surface area contributed by atoms with Crippen LogP contribution in [0.25, 0.3) is 0 Å². The van der Waals surface area contributed by atoms with E-state index in [2.05, 4.69) is 11.8 Å². The van der Waals surface area contributed by atoms with E-state index in [0.29, 0.717) is 6.42 Å². The van der Waals surface area contributed by atoms with Crippen LogP contribution in [0.3, 0.4) is 0 Å². The molecule has 1 unspecified atom stereocenters. The van der Waals surface area contributed by atoms with Crippen molar-refractivity contribution in [2.45, 2.75) is 25.8 Å². The van der Waals surface area contributed by atoms with Crippen LogP contribution in [0.5, 0.6) is 0 Å². The summed E-state index contributed by atoms with van der Waals surface area (Å²) in [6.45, 7) is 4.29. The van der Waals surface area contributed by atoms with Crippen molar-refractivity contribution in [3.8, 4) is 0 Å². The maximum absolute atomic E-state index is 10.7. The summed E-state index contributed by atoms with van der Waals surface area (Å²) in [6, 6.07) is 0.253. The fourth-order valence-electron chi connectivity index (χ4n) is 1.89. The van der Waals surface area contributed by atoms with Gasteiger partial charge in [-0.15, -0.1) is 0 Å². The van der Waals surface area contributed by atoms with Crippen molar-refractivity contribution < 1.29 is 9.90 Å². The molecule has 0 aromatic rings. The van der Waals surface area contributed by atoms with Crippen LogP contribution in [0.2, 0.25) is 0 Å². The lowest BCUT2D eigenvalue weighted by atomic mass is 10.2. The molecule has 1 aliphatic rings. The lowest BCUT2D eigenvalue weighted by Crippen LogP contribution is -2.44. The van der Waals surface area contributed by atoms with Gasteiger partial charge in [0.2, 0.25) is 0 Å². The molecule has 1 aliphatic heterocycles. The summed E-state index contributed by atoms with van der Waals surface area (Å²) in [5.41, 5.74) is 0.